The van der Waals surface area contributed by atoms with Crippen molar-refractivity contribution in [2.24, 2.45) is 11.8 Å². The molecule has 0 spiro atoms. The zero-order valence-electron chi connectivity index (χ0n) is 11.9. The molecule has 0 aromatic carbocycles. The van der Waals surface area contributed by atoms with Crippen molar-refractivity contribution in [1.29, 1.82) is 0 Å². The Morgan fingerprint density at radius 1 is 1.21 bits per heavy atom. The Morgan fingerprint density at radius 2 is 2.00 bits per heavy atom. The van der Waals surface area contributed by atoms with Crippen LogP contribution in [0.2, 0.25) is 0 Å². The van der Waals surface area contributed by atoms with Crippen LogP contribution in [0.25, 0.3) is 0 Å². The molecular formula is C15H26N2O2. The molecule has 3 rings (SSSR count). The number of rotatable bonds is 2. The average Bonchev–Trinajstić information content (AvgIpc) is 3.07. The van der Waals surface area contributed by atoms with E-state index in [-0.39, 0.29) is 12.0 Å². The Hall–Kier alpha value is -0.610. The van der Waals surface area contributed by atoms with Crippen molar-refractivity contribution < 1.29 is 9.53 Å². The number of ether oxygens (including phenoxy) is 1. The molecule has 3 unspecified atom stereocenters. The Labute approximate surface area is 115 Å². The Balaban J connectivity index is 1.66. The van der Waals surface area contributed by atoms with Gasteiger partial charge in [-0.05, 0) is 57.0 Å². The third-order valence-corrected chi connectivity index (χ3v) is 5.14. The molecule has 3 aliphatic rings. The summed E-state index contributed by atoms with van der Waals surface area (Å²) in [5.74, 6) is 1.36. The second kappa shape index (κ2) is 5.80. The van der Waals surface area contributed by atoms with Gasteiger partial charge in [-0.15, -0.1) is 0 Å². The van der Waals surface area contributed by atoms with Crippen molar-refractivity contribution >= 4 is 5.91 Å². The van der Waals surface area contributed by atoms with Crippen molar-refractivity contribution in [3.8, 4) is 0 Å². The van der Waals surface area contributed by atoms with Crippen LogP contribution in [0.3, 0.4) is 0 Å². The standard InChI is InChI=1S/C15H26N2O2/c1-11-6-10-19-14(11)15(18)17-9-2-3-13(17)12-4-7-16-8-5-12/h11-14,16H,2-10H2,1H3. The molecule has 0 aromatic heterocycles. The molecule has 19 heavy (non-hydrogen) atoms. The number of likely N-dealkylation sites (tertiary alicyclic amines) is 1. The van der Waals surface area contributed by atoms with Crippen molar-refractivity contribution in [2.45, 2.75) is 51.2 Å². The molecule has 0 bridgehead atoms. The van der Waals surface area contributed by atoms with Gasteiger partial charge in [0.2, 0.25) is 0 Å². The molecule has 0 saturated carbocycles. The highest BCUT2D eigenvalue weighted by atomic mass is 16.5. The van der Waals surface area contributed by atoms with Crippen LogP contribution >= 0.6 is 0 Å². The largest absolute Gasteiger partial charge is 0.368 e. The lowest BCUT2D eigenvalue weighted by molar-refractivity contribution is -0.144. The van der Waals surface area contributed by atoms with Gasteiger partial charge in [-0.2, -0.15) is 0 Å². The molecule has 0 aliphatic carbocycles. The van der Waals surface area contributed by atoms with E-state index in [4.69, 9.17) is 4.74 Å². The van der Waals surface area contributed by atoms with Crippen LogP contribution in [-0.2, 0) is 9.53 Å². The maximum absolute atomic E-state index is 12.7. The topological polar surface area (TPSA) is 41.6 Å². The first kappa shape index (κ1) is 13.4. The maximum Gasteiger partial charge on any atom is 0.252 e. The minimum atomic E-state index is -0.165. The summed E-state index contributed by atoms with van der Waals surface area (Å²) in [4.78, 5) is 14.9. The molecule has 3 fully saturated rings. The van der Waals surface area contributed by atoms with E-state index < -0.39 is 0 Å². The van der Waals surface area contributed by atoms with Crippen molar-refractivity contribution in [2.75, 3.05) is 26.2 Å². The summed E-state index contributed by atoms with van der Waals surface area (Å²) in [7, 11) is 0. The highest BCUT2D eigenvalue weighted by Gasteiger charge is 2.41. The van der Waals surface area contributed by atoms with E-state index in [1.54, 1.807) is 0 Å². The number of nitrogens with zero attached hydrogens (tertiary/aromatic N) is 1. The first-order valence-corrected chi connectivity index (χ1v) is 7.90. The van der Waals surface area contributed by atoms with Gasteiger partial charge in [0.1, 0.15) is 6.10 Å². The molecule has 3 saturated heterocycles. The van der Waals surface area contributed by atoms with E-state index in [1.165, 1.54) is 25.7 Å². The Morgan fingerprint density at radius 3 is 2.68 bits per heavy atom. The molecule has 1 N–H and O–H groups in total. The quantitative estimate of drug-likeness (QED) is 0.821. The zero-order chi connectivity index (χ0) is 13.2. The first-order chi connectivity index (χ1) is 9.27. The Kier molecular flexibility index (Phi) is 4.08. The number of carbonyl (C=O) groups is 1. The third kappa shape index (κ3) is 2.65. The van der Waals surface area contributed by atoms with E-state index in [0.29, 0.717) is 17.9 Å². The molecule has 3 heterocycles. The summed E-state index contributed by atoms with van der Waals surface area (Å²) in [5.41, 5.74) is 0. The van der Waals surface area contributed by atoms with Crippen LogP contribution < -0.4 is 5.32 Å². The van der Waals surface area contributed by atoms with Crippen molar-refractivity contribution in [3.05, 3.63) is 0 Å². The van der Waals surface area contributed by atoms with E-state index in [0.717, 1.165) is 32.7 Å². The lowest BCUT2D eigenvalue weighted by atomic mass is 9.88. The van der Waals surface area contributed by atoms with Gasteiger partial charge in [0.25, 0.3) is 5.91 Å². The number of carbonyl (C=O) groups excluding carboxylic acids is 1. The van der Waals surface area contributed by atoms with Gasteiger partial charge >= 0.3 is 0 Å². The molecule has 3 atom stereocenters. The van der Waals surface area contributed by atoms with E-state index in [2.05, 4.69) is 17.1 Å². The summed E-state index contributed by atoms with van der Waals surface area (Å²) < 4.78 is 5.67. The fraction of sp³-hybridized carbons (Fsp3) is 0.933. The van der Waals surface area contributed by atoms with E-state index in [9.17, 15) is 4.79 Å². The second-order valence-corrected chi connectivity index (χ2v) is 6.39. The lowest BCUT2D eigenvalue weighted by Gasteiger charge is -2.35. The van der Waals surface area contributed by atoms with Crippen LogP contribution in [0.4, 0.5) is 0 Å². The fourth-order valence-electron chi connectivity index (χ4n) is 3.96. The van der Waals surface area contributed by atoms with E-state index in [1.807, 2.05) is 0 Å². The van der Waals surface area contributed by atoms with Gasteiger partial charge in [-0.1, -0.05) is 6.92 Å². The molecule has 1 amide bonds. The summed E-state index contributed by atoms with van der Waals surface area (Å²) in [5, 5.41) is 3.42. The normalized spacial score (nSPS) is 36.9. The molecule has 4 nitrogen and oxygen atoms in total. The number of hydrogen-bond donors (Lipinski definition) is 1. The van der Waals surface area contributed by atoms with Crippen LogP contribution in [0.15, 0.2) is 0 Å². The number of piperidine rings is 1. The summed E-state index contributed by atoms with van der Waals surface area (Å²) in [6, 6.07) is 0.478. The smallest absolute Gasteiger partial charge is 0.252 e. The molecule has 108 valence electrons. The number of nitrogens with one attached hydrogen (secondary N) is 1. The summed E-state index contributed by atoms with van der Waals surface area (Å²) in [6.07, 6.45) is 5.66. The van der Waals surface area contributed by atoms with Crippen LogP contribution in [0.5, 0.6) is 0 Å². The third-order valence-electron chi connectivity index (χ3n) is 5.14. The minimum absolute atomic E-state index is 0.165. The average molecular weight is 266 g/mol. The predicted molar refractivity (Wildman–Crippen MR) is 73.8 cm³/mol. The number of amides is 1. The summed E-state index contributed by atoms with van der Waals surface area (Å²) >= 11 is 0. The van der Waals surface area contributed by atoms with Gasteiger partial charge in [0.15, 0.2) is 0 Å². The van der Waals surface area contributed by atoms with Crippen LogP contribution in [-0.4, -0.2) is 49.2 Å². The monoisotopic (exact) mass is 266 g/mol. The van der Waals surface area contributed by atoms with Gasteiger partial charge in [-0.25, -0.2) is 0 Å². The van der Waals surface area contributed by atoms with E-state index >= 15 is 0 Å². The number of hydrogen-bond acceptors (Lipinski definition) is 3. The SMILES string of the molecule is CC1CCOC1C(=O)N1CCCC1C1CCNCC1. The molecule has 0 radical (unpaired) electrons. The highest BCUT2D eigenvalue weighted by molar-refractivity contribution is 5.82. The first-order valence-electron chi connectivity index (χ1n) is 7.90. The van der Waals surface area contributed by atoms with Crippen molar-refractivity contribution in [1.82, 2.24) is 10.2 Å². The molecular weight excluding hydrogens is 240 g/mol. The van der Waals surface area contributed by atoms with Gasteiger partial charge < -0.3 is 15.0 Å². The highest BCUT2D eigenvalue weighted by Crippen LogP contribution is 2.32. The minimum Gasteiger partial charge on any atom is -0.368 e. The second-order valence-electron chi connectivity index (χ2n) is 6.39. The summed E-state index contributed by atoms with van der Waals surface area (Å²) in [6.45, 7) is 6.06. The van der Waals surface area contributed by atoms with Crippen molar-refractivity contribution in [3.63, 3.8) is 0 Å². The van der Waals surface area contributed by atoms with Crippen LogP contribution in [0, 0.1) is 11.8 Å². The molecule has 3 aliphatic heterocycles. The zero-order valence-corrected chi connectivity index (χ0v) is 11.9. The molecule has 4 heteroatoms. The van der Waals surface area contributed by atoms with Gasteiger partial charge in [0.05, 0.1) is 0 Å². The lowest BCUT2D eigenvalue weighted by Crippen LogP contribution is -2.48. The Bertz CT molecular complexity index is 328. The van der Waals surface area contributed by atoms with Crippen LogP contribution in [0.1, 0.15) is 39.0 Å². The fourth-order valence-corrected chi connectivity index (χ4v) is 3.96. The van der Waals surface area contributed by atoms with Gasteiger partial charge in [-0.3, -0.25) is 4.79 Å². The van der Waals surface area contributed by atoms with Gasteiger partial charge in [0, 0.05) is 19.2 Å². The predicted octanol–water partition coefficient (Wildman–Crippen LogP) is 1.40. The molecule has 0 aromatic rings. The maximum atomic E-state index is 12.7.